The number of carbonyl (C=O) groups is 1. The van der Waals surface area contributed by atoms with Crippen molar-refractivity contribution in [2.75, 3.05) is 10.0 Å². The first-order valence-electron chi connectivity index (χ1n) is 8.91. The highest BCUT2D eigenvalue weighted by molar-refractivity contribution is 7.92. The van der Waals surface area contributed by atoms with Crippen LogP contribution in [0.25, 0.3) is 4.96 Å². The molecule has 0 radical (unpaired) electrons. The maximum absolute atomic E-state index is 12.6. The molecule has 0 aliphatic heterocycles. The third-order valence-corrected chi connectivity index (χ3v) is 6.39. The summed E-state index contributed by atoms with van der Waals surface area (Å²) < 4.78 is 29.3. The van der Waals surface area contributed by atoms with Crippen molar-refractivity contribution in [3.05, 3.63) is 64.7 Å². The second-order valence-electron chi connectivity index (χ2n) is 6.72. The summed E-state index contributed by atoms with van der Waals surface area (Å²) in [6.07, 6.45) is 3.55. The zero-order valence-electron chi connectivity index (χ0n) is 16.4. The Morgan fingerprint density at radius 2 is 1.67 bits per heavy atom. The number of aryl methyl sites for hydroxylation is 3. The first-order valence-corrected chi connectivity index (χ1v) is 11.2. The van der Waals surface area contributed by atoms with Crippen LogP contribution in [-0.2, 0) is 10.0 Å². The number of carbonyl (C=O) groups excluding carboxylic acids is 1. The molecule has 1 aromatic carbocycles. The normalized spacial score (nSPS) is 11.6. The first-order chi connectivity index (χ1) is 14.2. The highest BCUT2D eigenvalue weighted by atomic mass is 32.2. The van der Waals surface area contributed by atoms with Gasteiger partial charge in [-0.05, 0) is 51.1 Å². The van der Waals surface area contributed by atoms with Gasteiger partial charge in [0.15, 0.2) is 4.96 Å². The standard InChI is InChI=1S/C19H18N6O3S2/c1-11-8-12(2)21-18(20-11)24-30(27,28)15-6-4-14(5-7-15)22-17(26)16-10-25-9-13(3)29-19(25)23-16/h4-10H,1-3H3,(H,22,26)(H,20,21,24). The summed E-state index contributed by atoms with van der Waals surface area (Å²) in [5, 5.41) is 2.72. The van der Waals surface area contributed by atoms with Gasteiger partial charge in [-0.2, -0.15) is 0 Å². The molecule has 11 heteroatoms. The molecule has 0 saturated heterocycles. The second kappa shape index (κ2) is 7.50. The maximum Gasteiger partial charge on any atom is 0.275 e. The van der Waals surface area contributed by atoms with E-state index in [-0.39, 0.29) is 22.4 Å². The number of amides is 1. The molecule has 9 nitrogen and oxygen atoms in total. The van der Waals surface area contributed by atoms with E-state index in [1.807, 2.05) is 13.1 Å². The number of thiazole rings is 1. The van der Waals surface area contributed by atoms with Gasteiger partial charge in [0.05, 0.1) is 4.90 Å². The van der Waals surface area contributed by atoms with Crippen molar-refractivity contribution in [2.45, 2.75) is 25.7 Å². The van der Waals surface area contributed by atoms with Gasteiger partial charge in [-0.1, -0.05) is 0 Å². The van der Waals surface area contributed by atoms with Crippen LogP contribution in [-0.4, -0.2) is 33.7 Å². The molecule has 0 spiro atoms. The van der Waals surface area contributed by atoms with E-state index in [4.69, 9.17) is 0 Å². The van der Waals surface area contributed by atoms with Gasteiger partial charge >= 0.3 is 0 Å². The molecule has 0 atom stereocenters. The summed E-state index contributed by atoms with van der Waals surface area (Å²) in [5.74, 6) is -0.360. The topological polar surface area (TPSA) is 118 Å². The molecule has 3 aromatic heterocycles. The van der Waals surface area contributed by atoms with E-state index in [2.05, 4.69) is 25.0 Å². The van der Waals surface area contributed by atoms with Crippen LogP contribution in [0.15, 0.2) is 47.6 Å². The minimum absolute atomic E-state index is 0.0138. The van der Waals surface area contributed by atoms with Gasteiger partial charge in [0.25, 0.3) is 15.9 Å². The summed E-state index contributed by atoms with van der Waals surface area (Å²) >= 11 is 1.49. The van der Waals surface area contributed by atoms with E-state index in [1.54, 1.807) is 30.5 Å². The molecule has 154 valence electrons. The summed E-state index contributed by atoms with van der Waals surface area (Å²) in [7, 11) is -3.86. The molecular formula is C19H18N6O3S2. The van der Waals surface area contributed by atoms with Crippen LogP contribution in [0.1, 0.15) is 26.8 Å². The van der Waals surface area contributed by atoms with Crippen LogP contribution in [0.4, 0.5) is 11.6 Å². The van der Waals surface area contributed by atoms with Crippen molar-refractivity contribution in [2.24, 2.45) is 0 Å². The third kappa shape index (κ3) is 4.16. The fraction of sp³-hybridized carbons (Fsp3) is 0.158. The molecule has 0 bridgehead atoms. The highest BCUT2D eigenvalue weighted by Crippen LogP contribution is 2.19. The Hall–Kier alpha value is -3.31. The van der Waals surface area contributed by atoms with Crippen molar-refractivity contribution in [3.63, 3.8) is 0 Å². The average molecular weight is 443 g/mol. The Morgan fingerprint density at radius 1 is 1.00 bits per heavy atom. The van der Waals surface area contributed by atoms with Crippen LogP contribution in [0.5, 0.6) is 0 Å². The molecule has 0 aliphatic rings. The van der Waals surface area contributed by atoms with E-state index < -0.39 is 10.0 Å². The quantitative estimate of drug-likeness (QED) is 0.490. The lowest BCUT2D eigenvalue weighted by Crippen LogP contribution is -2.16. The number of nitrogens with one attached hydrogen (secondary N) is 2. The number of fused-ring (bicyclic) bond motifs is 1. The van der Waals surface area contributed by atoms with Crippen molar-refractivity contribution in [1.29, 1.82) is 0 Å². The number of aromatic nitrogens is 4. The summed E-state index contributed by atoms with van der Waals surface area (Å²) in [5.41, 5.74) is 2.06. The SMILES string of the molecule is Cc1cc(C)nc(NS(=O)(=O)c2ccc(NC(=O)c3cn4cc(C)sc4n3)cc2)n1. The van der Waals surface area contributed by atoms with E-state index in [0.29, 0.717) is 17.1 Å². The number of hydrogen-bond acceptors (Lipinski definition) is 7. The fourth-order valence-electron chi connectivity index (χ4n) is 2.88. The molecule has 2 N–H and O–H groups in total. The van der Waals surface area contributed by atoms with Crippen LogP contribution < -0.4 is 10.0 Å². The average Bonchev–Trinajstić information content (AvgIpc) is 3.18. The number of benzene rings is 1. The predicted octanol–water partition coefficient (Wildman–Crippen LogP) is 3.16. The summed E-state index contributed by atoms with van der Waals surface area (Å²) in [4.78, 5) is 26.8. The molecule has 0 aliphatic carbocycles. The zero-order valence-corrected chi connectivity index (χ0v) is 18.0. The molecule has 0 fully saturated rings. The highest BCUT2D eigenvalue weighted by Gasteiger charge is 2.17. The van der Waals surface area contributed by atoms with E-state index in [9.17, 15) is 13.2 Å². The second-order valence-corrected chi connectivity index (χ2v) is 9.61. The molecule has 0 unspecified atom stereocenters. The number of rotatable bonds is 5. The lowest BCUT2D eigenvalue weighted by molar-refractivity contribution is 0.102. The lowest BCUT2D eigenvalue weighted by atomic mass is 10.3. The molecule has 4 rings (SSSR count). The van der Waals surface area contributed by atoms with Crippen LogP contribution in [0.2, 0.25) is 0 Å². The van der Waals surface area contributed by atoms with Gasteiger partial charge in [-0.25, -0.2) is 28.1 Å². The van der Waals surface area contributed by atoms with E-state index in [1.165, 1.54) is 35.6 Å². The van der Waals surface area contributed by atoms with Crippen molar-refractivity contribution in [1.82, 2.24) is 19.4 Å². The van der Waals surface area contributed by atoms with Gasteiger partial charge in [0.1, 0.15) is 5.69 Å². The fourth-order valence-corrected chi connectivity index (χ4v) is 4.64. The van der Waals surface area contributed by atoms with Gasteiger partial charge in [-0.3, -0.25) is 9.20 Å². The van der Waals surface area contributed by atoms with Crippen LogP contribution in [0, 0.1) is 20.8 Å². The number of anilines is 2. The van der Waals surface area contributed by atoms with Gasteiger partial charge in [0, 0.05) is 34.3 Å². The Balaban J connectivity index is 1.48. The number of imidazole rings is 1. The van der Waals surface area contributed by atoms with Gasteiger partial charge in [-0.15, -0.1) is 11.3 Å². The monoisotopic (exact) mass is 442 g/mol. The van der Waals surface area contributed by atoms with Gasteiger partial charge in [0.2, 0.25) is 5.95 Å². The minimum atomic E-state index is -3.86. The summed E-state index contributed by atoms with van der Waals surface area (Å²) in [6.45, 7) is 5.49. The molecular weight excluding hydrogens is 424 g/mol. The van der Waals surface area contributed by atoms with Crippen LogP contribution >= 0.6 is 11.3 Å². The number of hydrogen-bond donors (Lipinski definition) is 2. The molecule has 1 amide bonds. The molecule has 4 aromatic rings. The molecule has 3 heterocycles. The number of nitrogens with zero attached hydrogens (tertiary/aromatic N) is 4. The maximum atomic E-state index is 12.6. The molecule has 0 saturated carbocycles. The predicted molar refractivity (Wildman–Crippen MR) is 115 cm³/mol. The van der Waals surface area contributed by atoms with E-state index in [0.717, 1.165) is 9.84 Å². The number of sulfonamides is 1. The Morgan fingerprint density at radius 3 is 2.30 bits per heavy atom. The minimum Gasteiger partial charge on any atom is -0.321 e. The van der Waals surface area contributed by atoms with E-state index >= 15 is 0 Å². The third-order valence-electron chi connectivity index (χ3n) is 4.13. The summed E-state index contributed by atoms with van der Waals surface area (Å²) in [6, 6.07) is 7.57. The van der Waals surface area contributed by atoms with Crippen molar-refractivity contribution in [3.8, 4) is 0 Å². The van der Waals surface area contributed by atoms with Crippen molar-refractivity contribution < 1.29 is 13.2 Å². The Bertz CT molecular complexity index is 1310. The van der Waals surface area contributed by atoms with Gasteiger partial charge < -0.3 is 5.32 Å². The molecule has 30 heavy (non-hydrogen) atoms. The largest absolute Gasteiger partial charge is 0.321 e. The van der Waals surface area contributed by atoms with Crippen molar-refractivity contribution >= 4 is 43.9 Å². The Labute approximate surface area is 176 Å². The Kier molecular flexibility index (Phi) is 5.00. The lowest BCUT2D eigenvalue weighted by Gasteiger charge is -2.09. The van der Waals surface area contributed by atoms with Crippen LogP contribution in [0.3, 0.4) is 0 Å². The smallest absolute Gasteiger partial charge is 0.275 e. The first kappa shape index (κ1) is 20.0. The zero-order chi connectivity index (χ0) is 21.5.